The van der Waals surface area contributed by atoms with E-state index in [4.69, 9.17) is 11.2 Å². The van der Waals surface area contributed by atoms with Gasteiger partial charge in [-0.15, -0.1) is 6.42 Å². The maximum atomic E-state index is 10.5. The van der Waals surface area contributed by atoms with Gasteiger partial charge in [-0.2, -0.15) is 0 Å². The fourth-order valence-electron chi connectivity index (χ4n) is 1.19. The molecular formula is C9H12O2. The van der Waals surface area contributed by atoms with Gasteiger partial charge in [0, 0.05) is 12.8 Å². The molecule has 11 heavy (non-hydrogen) atoms. The third kappa shape index (κ3) is 1.98. The van der Waals surface area contributed by atoms with Gasteiger partial charge in [-0.25, -0.2) is 0 Å². The summed E-state index contributed by atoms with van der Waals surface area (Å²) in [4.78, 5) is 10.5. The lowest BCUT2D eigenvalue weighted by Crippen LogP contribution is -2.29. The van der Waals surface area contributed by atoms with Crippen LogP contribution >= 0.6 is 0 Å². The Morgan fingerprint density at radius 2 is 2.36 bits per heavy atom. The van der Waals surface area contributed by atoms with E-state index < -0.39 is 0 Å². The van der Waals surface area contributed by atoms with E-state index in [0.29, 0.717) is 5.92 Å². The van der Waals surface area contributed by atoms with Crippen molar-refractivity contribution in [2.75, 3.05) is 0 Å². The largest absolute Gasteiger partial charge is 0.449 e. The molecule has 0 spiro atoms. The van der Waals surface area contributed by atoms with E-state index in [2.05, 4.69) is 5.92 Å². The quantitative estimate of drug-likeness (QED) is 0.441. The normalized spacial score (nSPS) is 19.6. The van der Waals surface area contributed by atoms with Crippen LogP contribution in [0, 0.1) is 18.3 Å². The summed E-state index contributed by atoms with van der Waals surface area (Å²) in [6, 6.07) is 0. The Balaban J connectivity index is 2.37. The maximum absolute atomic E-state index is 10.5. The van der Waals surface area contributed by atoms with Gasteiger partial charge in [0.1, 0.15) is 0 Å². The fourth-order valence-corrected chi connectivity index (χ4v) is 1.19. The SMILES string of the molecule is C#CC(OC(C)=O)C1CCC1. The Hall–Kier alpha value is -0.970. The number of hydrogen-bond acceptors (Lipinski definition) is 2. The van der Waals surface area contributed by atoms with Gasteiger partial charge in [0.25, 0.3) is 0 Å². The molecule has 1 unspecified atom stereocenters. The summed E-state index contributed by atoms with van der Waals surface area (Å²) in [5, 5.41) is 0. The van der Waals surface area contributed by atoms with Crippen LogP contribution in [0.5, 0.6) is 0 Å². The van der Waals surface area contributed by atoms with Gasteiger partial charge in [0.05, 0.1) is 0 Å². The third-order valence-electron chi connectivity index (χ3n) is 2.04. The molecule has 1 rings (SSSR count). The standard InChI is InChI=1S/C9H12O2/c1-3-9(11-7(2)10)8-5-4-6-8/h1,8-9H,4-6H2,2H3. The predicted octanol–water partition coefficient (Wildman–Crippen LogP) is 1.35. The Morgan fingerprint density at radius 3 is 2.64 bits per heavy atom. The van der Waals surface area contributed by atoms with Gasteiger partial charge >= 0.3 is 5.97 Å². The predicted molar refractivity (Wildman–Crippen MR) is 41.7 cm³/mol. The van der Waals surface area contributed by atoms with Gasteiger partial charge in [-0.3, -0.25) is 4.79 Å². The lowest BCUT2D eigenvalue weighted by atomic mass is 9.81. The first-order valence-electron chi connectivity index (χ1n) is 3.87. The number of carbonyl (C=O) groups is 1. The smallest absolute Gasteiger partial charge is 0.303 e. The highest BCUT2D eigenvalue weighted by Crippen LogP contribution is 2.30. The summed E-state index contributed by atoms with van der Waals surface area (Å²) in [6.07, 6.45) is 8.34. The van der Waals surface area contributed by atoms with Crippen molar-refractivity contribution in [2.45, 2.75) is 32.3 Å². The zero-order valence-electron chi connectivity index (χ0n) is 6.67. The monoisotopic (exact) mass is 152 g/mol. The second-order valence-corrected chi connectivity index (χ2v) is 2.89. The van der Waals surface area contributed by atoms with Gasteiger partial charge in [0.15, 0.2) is 6.10 Å². The van der Waals surface area contributed by atoms with Crippen LogP contribution < -0.4 is 0 Å². The maximum Gasteiger partial charge on any atom is 0.303 e. The van der Waals surface area contributed by atoms with Crippen molar-refractivity contribution in [3.05, 3.63) is 0 Å². The molecule has 0 aromatic heterocycles. The molecule has 1 aliphatic carbocycles. The number of terminal acetylenes is 1. The van der Waals surface area contributed by atoms with Crippen molar-refractivity contribution >= 4 is 5.97 Å². The van der Waals surface area contributed by atoms with Crippen molar-refractivity contribution in [3.63, 3.8) is 0 Å². The molecule has 0 bridgehead atoms. The van der Waals surface area contributed by atoms with Gasteiger partial charge in [0.2, 0.25) is 0 Å². The van der Waals surface area contributed by atoms with Crippen LogP contribution in [0.15, 0.2) is 0 Å². The van der Waals surface area contributed by atoms with Gasteiger partial charge in [-0.1, -0.05) is 12.3 Å². The second kappa shape index (κ2) is 3.43. The first-order valence-corrected chi connectivity index (χ1v) is 3.87. The molecule has 2 heteroatoms. The van der Waals surface area contributed by atoms with E-state index in [1.807, 2.05) is 0 Å². The third-order valence-corrected chi connectivity index (χ3v) is 2.04. The summed E-state index contributed by atoms with van der Waals surface area (Å²) in [5.41, 5.74) is 0. The highest BCUT2D eigenvalue weighted by molar-refractivity contribution is 5.66. The van der Waals surface area contributed by atoms with Crippen LogP contribution in [0.4, 0.5) is 0 Å². The number of carbonyl (C=O) groups excluding carboxylic acids is 1. The molecule has 0 N–H and O–H groups in total. The zero-order chi connectivity index (χ0) is 8.27. The molecular weight excluding hydrogens is 140 g/mol. The van der Waals surface area contributed by atoms with Crippen LogP contribution in [-0.4, -0.2) is 12.1 Å². The number of ether oxygens (including phenoxy) is 1. The van der Waals surface area contributed by atoms with Crippen LogP contribution in [0.1, 0.15) is 26.2 Å². The molecule has 60 valence electrons. The second-order valence-electron chi connectivity index (χ2n) is 2.89. The van der Waals surface area contributed by atoms with Crippen molar-refractivity contribution in [1.82, 2.24) is 0 Å². The Bertz CT molecular complexity index is 186. The van der Waals surface area contributed by atoms with E-state index in [9.17, 15) is 4.79 Å². The molecule has 1 saturated carbocycles. The molecule has 2 nitrogen and oxygen atoms in total. The minimum Gasteiger partial charge on any atom is -0.449 e. The van der Waals surface area contributed by atoms with Crippen molar-refractivity contribution < 1.29 is 9.53 Å². The molecule has 0 heterocycles. The molecule has 1 fully saturated rings. The van der Waals surface area contributed by atoms with Gasteiger partial charge in [-0.05, 0) is 12.8 Å². The molecule has 0 aromatic carbocycles. The minimum atomic E-state index is -0.278. The Kier molecular flexibility index (Phi) is 2.53. The number of esters is 1. The summed E-state index contributed by atoms with van der Waals surface area (Å²) in [7, 11) is 0. The van der Waals surface area contributed by atoms with Crippen molar-refractivity contribution in [2.24, 2.45) is 5.92 Å². The zero-order valence-corrected chi connectivity index (χ0v) is 6.67. The van der Waals surface area contributed by atoms with Gasteiger partial charge < -0.3 is 4.74 Å². The summed E-state index contributed by atoms with van der Waals surface area (Å²) in [5.74, 6) is 2.63. The average molecular weight is 152 g/mol. The average Bonchev–Trinajstić information content (AvgIpc) is 1.81. The summed E-state index contributed by atoms with van der Waals surface area (Å²) < 4.78 is 4.93. The highest BCUT2D eigenvalue weighted by Gasteiger charge is 2.27. The Labute approximate surface area is 66.9 Å². The van der Waals surface area contributed by atoms with E-state index in [1.165, 1.54) is 13.3 Å². The van der Waals surface area contributed by atoms with E-state index in [0.717, 1.165) is 12.8 Å². The van der Waals surface area contributed by atoms with Crippen molar-refractivity contribution in [1.29, 1.82) is 0 Å². The molecule has 0 aromatic rings. The molecule has 1 aliphatic rings. The van der Waals surface area contributed by atoms with E-state index in [1.54, 1.807) is 0 Å². The Morgan fingerprint density at radius 1 is 1.73 bits per heavy atom. The molecule has 1 atom stereocenters. The summed E-state index contributed by atoms with van der Waals surface area (Å²) in [6.45, 7) is 1.39. The molecule has 0 amide bonds. The lowest BCUT2D eigenvalue weighted by Gasteiger charge is -2.29. The van der Waals surface area contributed by atoms with Crippen LogP contribution in [0.25, 0.3) is 0 Å². The summed E-state index contributed by atoms with van der Waals surface area (Å²) >= 11 is 0. The molecule has 0 saturated heterocycles. The van der Waals surface area contributed by atoms with Crippen molar-refractivity contribution in [3.8, 4) is 12.3 Å². The first kappa shape index (κ1) is 8.13. The molecule has 0 radical (unpaired) electrons. The van der Waals surface area contributed by atoms with Crippen LogP contribution in [0.2, 0.25) is 0 Å². The van der Waals surface area contributed by atoms with Crippen LogP contribution in [-0.2, 0) is 9.53 Å². The van der Waals surface area contributed by atoms with E-state index in [-0.39, 0.29) is 12.1 Å². The first-order chi connectivity index (χ1) is 5.24. The number of hydrogen-bond donors (Lipinski definition) is 0. The highest BCUT2D eigenvalue weighted by atomic mass is 16.5. The lowest BCUT2D eigenvalue weighted by molar-refractivity contribution is -0.147. The fraction of sp³-hybridized carbons (Fsp3) is 0.667. The number of rotatable bonds is 2. The minimum absolute atomic E-state index is 0.277. The molecule has 0 aliphatic heterocycles. The van der Waals surface area contributed by atoms with Crippen LogP contribution in [0.3, 0.4) is 0 Å². The topological polar surface area (TPSA) is 26.3 Å². The van der Waals surface area contributed by atoms with E-state index >= 15 is 0 Å².